The molecule has 25 heavy (non-hydrogen) atoms. The zero-order valence-corrected chi connectivity index (χ0v) is 19.9. The van der Waals surface area contributed by atoms with Crippen molar-refractivity contribution in [1.82, 2.24) is 0 Å². The third-order valence-corrected chi connectivity index (χ3v) is 6.09. The summed E-state index contributed by atoms with van der Waals surface area (Å²) < 4.78 is 0. The number of halogens is 3. The van der Waals surface area contributed by atoms with Gasteiger partial charge in [-0.15, -0.1) is 46.2 Å². The summed E-state index contributed by atoms with van der Waals surface area (Å²) in [5, 5.41) is 6.65. The Labute approximate surface area is 187 Å². The molecule has 0 heterocycles. The molecule has 128 valence electrons. The second-order valence-electron chi connectivity index (χ2n) is 5.99. The van der Waals surface area contributed by atoms with E-state index in [9.17, 15) is 0 Å². The second kappa shape index (κ2) is 10.8. The Morgan fingerprint density at radius 1 is 0.920 bits per heavy atom. The third-order valence-electron chi connectivity index (χ3n) is 3.86. The van der Waals surface area contributed by atoms with Crippen molar-refractivity contribution in [3.63, 3.8) is 0 Å². The molecule has 1 aliphatic rings. The molecule has 3 aromatic carbocycles. The summed E-state index contributed by atoms with van der Waals surface area (Å²) in [4.78, 5) is 0. The Balaban J connectivity index is 0.000000435. The quantitative estimate of drug-likeness (QED) is 0.266. The summed E-state index contributed by atoms with van der Waals surface area (Å²) in [6.07, 6.45) is 8.39. The summed E-state index contributed by atoms with van der Waals surface area (Å²) in [7, 11) is -1.53. The molecule has 0 nitrogen and oxygen atoms in total. The standard InChI is InChI=1S/C13H9.C7H10ClSi.2ClH.Zr/c1-3-7-12-10(5-1)9-11-6-2-4-8-13(11)12;1-9(2,8)7-5-3-4-6-7;;;/h1-9H;3,5H,4H2,1-2H3;2*1H;/q2*-1;;;+4/p-2. The molecule has 0 radical (unpaired) electrons. The molecule has 4 rings (SSSR count). The minimum atomic E-state index is -1.53. The molecule has 0 aliphatic heterocycles. The van der Waals surface area contributed by atoms with Gasteiger partial charge in [-0.3, -0.25) is 6.08 Å². The van der Waals surface area contributed by atoms with Gasteiger partial charge < -0.3 is 24.8 Å². The zero-order chi connectivity index (χ0) is 15.6. The first kappa shape index (κ1) is 24.8. The Bertz CT molecular complexity index is 810. The van der Waals surface area contributed by atoms with E-state index >= 15 is 0 Å². The predicted octanol–water partition coefficient (Wildman–Crippen LogP) is 0.376. The van der Waals surface area contributed by atoms with E-state index in [1.54, 1.807) is 0 Å². The van der Waals surface area contributed by atoms with Gasteiger partial charge in [0.1, 0.15) is 7.38 Å². The zero-order valence-electron chi connectivity index (χ0n) is 14.2. The van der Waals surface area contributed by atoms with E-state index < -0.39 is 7.38 Å². The fraction of sp³-hybridized carbons (Fsp3) is 0.150. The first-order chi connectivity index (χ1) is 10.6. The molecule has 0 atom stereocenters. The first-order valence-corrected chi connectivity index (χ1v) is 11.6. The van der Waals surface area contributed by atoms with Crippen LogP contribution in [0.3, 0.4) is 0 Å². The van der Waals surface area contributed by atoms with Gasteiger partial charge in [0.15, 0.2) is 0 Å². The fourth-order valence-electron chi connectivity index (χ4n) is 2.72. The van der Waals surface area contributed by atoms with Gasteiger partial charge in [-0.1, -0.05) is 49.5 Å². The van der Waals surface area contributed by atoms with E-state index in [1.165, 1.54) is 26.7 Å². The van der Waals surface area contributed by atoms with E-state index in [-0.39, 0.29) is 51.0 Å². The van der Waals surface area contributed by atoms with Crippen LogP contribution in [-0.4, -0.2) is 7.38 Å². The van der Waals surface area contributed by atoms with Crippen LogP contribution in [0, 0.1) is 6.08 Å². The summed E-state index contributed by atoms with van der Waals surface area (Å²) in [5.74, 6) is 0. The Hall–Kier alpha value is -0.240. The average Bonchev–Trinajstić information content (AvgIpc) is 3.15. The molecule has 0 spiro atoms. The van der Waals surface area contributed by atoms with Crippen LogP contribution in [0.1, 0.15) is 6.42 Å². The average molecular weight is 485 g/mol. The second-order valence-corrected chi connectivity index (χ2v) is 12.3. The van der Waals surface area contributed by atoms with Crippen LogP contribution in [0.4, 0.5) is 0 Å². The maximum atomic E-state index is 6.13. The molecule has 0 fully saturated rings. The molecule has 5 heteroatoms. The number of rotatable bonds is 1. The van der Waals surface area contributed by atoms with Gasteiger partial charge in [0, 0.05) is 0 Å². The number of benzene rings is 2. The molecular weight excluding hydrogens is 466 g/mol. The fourth-order valence-corrected chi connectivity index (χ4v) is 4.14. The Morgan fingerprint density at radius 3 is 1.76 bits per heavy atom. The van der Waals surface area contributed by atoms with E-state index in [2.05, 4.69) is 85.9 Å². The van der Waals surface area contributed by atoms with Gasteiger partial charge >= 0.3 is 26.2 Å². The van der Waals surface area contributed by atoms with Gasteiger partial charge in [-0.25, -0.2) is 11.3 Å². The van der Waals surface area contributed by atoms with E-state index in [1.807, 2.05) is 0 Å². The van der Waals surface area contributed by atoms with Gasteiger partial charge in [0.25, 0.3) is 0 Å². The molecule has 0 amide bonds. The maximum absolute atomic E-state index is 6.13. The van der Waals surface area contributed by atoms with Crippen LogP contribution < -0.4 is 24.8 Å². The SMILES string of the molecule is C[Si](C)(Cl)C1=[C-]CC=C1.[Cl-].[Cl-].[Zr+4].c1ccc2c(c1)[cH-]c1ccccc12. The molecular formula is C20H19Cl3SiZr. The summed E-state index contributed by atoms with van der Waals surface area (Å²) in [6.45, 7) is 4.24. The summed E-state index contributed by atoms with van der Waals surface area (Å²) in [6, 6.07) is 19.3. The minimum absolute atomic E-state index is 0. The van der Waals surface area contributed by atoms with E-state index in [4.69, 9.17) is 11.1 Å². The van der Waals surface area contributed by atoms with Gasteiger partial charge in [0.05, 0.1) is 0 Å². The normalized spacial score (nSPS) is 12.4. The Kier molecular flexibility index (Phi) is 10.7. The van der Waals surface area contributed by atoms with Crippen molar-refractivity contribution in [3.8, 4) is 0 Å². The van der Waals surface area contributed by atoms with Crippen molar-refractivity contribution in [2.75, 3.05) is 0 Å². The van der Waals surface area contributed by atoms with Gasteiger partial charge in [0.2, 0.25) is 0 Å². The van der Waals surface area contributed by atoms with Crippen molar-refractivity contribution in [1.29, 1.82) is 0 Å². The van der Waals surface area contributed by atoms with Crippen LogP contribution in [0.25, 0.3) is 21.5 Å². The van der Waals surface area contributed by atoms with Crippen LogP contribution in [0.5, 0.6) is 0 Å². The number of fused-ring (bicyclic) bond motifs is 3. The van der Waals surface area contributed by atoms with Gasteiger partial charge in [-0.05, 0) is 0 Å². The van der Waals surface area contributed by atoms with Crippen LogP contribution >= 0.6 is 11.1 Å². The number of hydrogen-bond donors (Lipinski definition) is 0. The summed E-state index contributed by atoms with van der Waals surface area (Å²) >= 11 is 6.13. The van der Waals surface area contributed by atoms with Gasteiger partial charge in [-0.2, -0.15) is 17.2 Å². The monoisotopic (exact) mass is 482 g/mol. The summed E-state index contributed by atoms with van der Waals surface area (Å²) in [5.41, 5.74) is 0. The van der Waals surface area contributed by atoms with E-state index in [0.717, 1.165) is 6.42 Å². The molecule has 1 aliphatic carbocycles. The third kappa shape index (κ3) is 6.15. The van der Waals surface area contributed by atoms with Crippen LogP contribution in [0.15, 0.2) is 71.9 Å². The van der Waals surface area contributed by atoms with Crippen molar-refractivity contribution in [2.45, 2.75) is 19.5 Å². The molecule has 0 unspecified atom stereocenters. The van der Waals surface area contributed by atoms with Crippen molar-refractivity contribution in [3.05, 3.63) is 78.0 Å². The molecule has 0 aromatic heterocycles. The van der Waals surface area contributed by atoms with Crippen molar-refractivity contribution in [2.24, 2.45) is 0 Å². The van der Waals surface area contributed by atoms with Crippen molar-refractivity contribution >= 4 is 40.0 Å². The molecule has 3 aromatic rings. The molecule has 0 bridgehead atoms. The predicted molar refractivity (Wildman–Crippen MR) is 101 cm³/mol. The molecule has 0 saturated heterocycles. The number of allylic oxidation sites excluding steroid dienone is 4. The van der Waals surface area contributed by atoms with Crippen LogP contribution in [-0.2, 0) is 26.2 Å². The topological polar surface area (TPSA) is 0 Å². The first-order valence-electron chi connectivity index (χ1n) is 7.55. The van der Waals surface area contributed by atoms with E-state index in [0.29, 0.717) is 0 Å². The van der Waals surface area contributed by atoms with Crippen LogP contribution in [0.2, 0.25) is 13.1 Å². The molecule has 0 saturated carbocycles. The minimum Gasteiger partial charge on any atom is -1.00 e. The Morgan fingerprint density at radius 2 is 1.40 bits per heavy atom. The smallest absolute Gasteiger partial charge is 1.00 e. The maximum Gasteiger partial charge on any atom is 4.00 e. The number of hydrogen-bond acceptors (Lipinski definition) is 0. The van der Waals surface area contributed by atoms with Crippen molar-refractivity contribution < 1.29 is 51.0 Å². The molecule has 0 N–H and O–H groups in total. The largest absolute Gasteiger partial charge is 4.00 e.